The van der Waals surface area contributed by atoms with Crippen molar-refractivity contribution in [3.63, 3.8) is 0 Å². The Kier molecular flexibility index (Phi) is 6.33. The minimum absolute atomic E-state index is 0.209. The number of ether oxygens (including phenoxy) is 1. The van der Waals surface area contributed by atoms with Crippen LogP contribution in [0.25, 0.3) is 11.1 Å². The lowest BCUT2D eigenvalue weighted by molar-refractivity contribution is -0.0589. The molecule has 2 aromatic carbocycles. The summed E-state index contributed by atoms with van der Waals surface area (Å²) in [5.74, 6) is 0.369. The summed E-state index contributed by atoms with van der Waals surface area (Å²) >= 11 is 0. The van der Waals surface area contributed by atoms with Crippen LogP contribution in [0.1, 0.15) is 55.7 Å². The minimum atomic E-state index is -0.477. The molecule has 0 radical (unpaired) electrons. The third kappa shape index (κ3) is 4.24. The van der Waals surface area contributed by atoms with Gasteiger partial charge in [0.05, 0.1) is 18.3 Å². The second-order valence-corrected chi connectivity index (χ2v) is 10.9. The van der Waals surface area contributed by atoms with Gasteiger partial charge in [0, 0.05) is 24.2 Å². The third-order valence-electron chi connectivity index (χ3n) is 8.83. The van der Waals surface area contributed by atoms with E-state index in [4.69, 9.17) is 4.74 Å². The van der Waals surface area contributed by atoms with E-state index in [0.29, 0.717) is 30.6 Å². The summed E-state index contributed by atoms with van der Waals surface area (Å²) in [7, 11) is 0. The standard InChI is InChI=1S/C30H35FN4O/c1-2-28(29-22-7-8-24(14-22)35-29)34-25(17-32)13-21-5-3-20(16-27(21)31)19-4-6-23-18-36-30(26(23)15-19)9-11-33-12-10-30/h2-6,15-16,22,24-25,29,33-35H,7-14,18H2,1H3/b28-2-/t22?,24?,25-,29?/m0/s1. The van der Waals surface area contributed by atoms with Crippen LogP contribution < -0.4 is 16.0 Å². The quantitative estimate of drug-likeness (QED) is 0.554. The van der Waals surface area contributed by atoms with Gasteiger partial charge in [-0.1, -0.05) is 30.3 Å². The normalized spacial score (nSPS) is 27.1. The molecule has 3 heterocycles. The summed E-state index contributed by atoms with van der Waals surface area (Å²) in [6.45, 7) is 4.56. The highest BCUT2D eigenvalue weighted by atomic mass is 19.1. The Balaban J connectivity index is 1.18. The van der Waals surface area contributed by atoms with Gasteiger partial charge in [-0.2, -0.15) is 5.26 Å². The first-order valence-corrected chi connectivity index (χ1v) is 13.4. The first-order valence-electron chi connectivity index (χ1n) is 13.4. The van der Waals surface area contributed by atoms with Crippen molar-refractivity contribution in [1.29, 1.82) is 5.26 Å². The number of piperidine rings is 2. The topological polar surface area (TPSA) is 69.1 Å². The molecule has 6 rings (SSSR count). The van der Waals surface area contributed by atoms with Crippen molar-refractivity contribution in [1.82, 2.24) is 16.0 Å². The van der Waals surface area contributed by atoms with Crippen molar-refractivity contribution < 1.29 is 9.13 Å². The Bertz CT molecular complexity index is 1210. The highest BCUT2D eigenvalue weighted by Gasteiger charge is 2.42. The molecule has 36 heavy (non-hydrogen) atoms. The van der Waals surface area contributed by atoms with E-state index in [1.54, 1.807) is 6.07 Å². The number of nitriles is 1. The summed E-state index contributed by atoms with van der Waals surface area (Å²) in [5, 5.41) is 20.4. The second-order valence-electron chi connectivity index (χ2n) is 10.9. The van der Waals surface area contributed by atoms with E-state index in [9.17, 15) is 5.26 Å². The third-order valence-corrected chi connectivity index (χ3v) is 8.83. The van der Waals surface area contributed by atoms with Crippen molar-refractivity contribution in [3.8, 4) is 17.2 Å². The number of nitrogens with one attached hydrogen (secondary N) is 3. The first-order chi connectivity index (χ1) is 17.6. The number of halogens is 1. The smallest absolute Gasteiger partial charge is 0.127 e. The molecule has 2 aromatic rings. The highest BCUT2D eigenvalue weighted by Crippen LogP contribution is 2.44. The number of nitrogens with zero attached hydrogens (tertiary/aromatic N) is 1. The first kappa shape index (κ1) is 23.7. The van der Waals surface area contributed by atoms with Crippen molar-refractivity contribution in [2.45, 2.75) is 75.8 Å². The van der Waals surface area contributed by atoms with Crippen molar-refractivity contribution in [2.24, 2.45) is 5.92 Å². The molecule has 1 saturated carbocycles. The largest absolute Gasteiger partial charge is 0.372 e. The molecule has 0 aromatic heterocycles. The predicted octanol–water partition coefficient (Wildman–Crippen LogP) is 4.67. The van der Waals surface area contributed by atoms with E-state index in [1.165, 1.54) is 30.4 Å². The Labute approximate surface area is 213 Å². The van der Waals surface area contributed by atoms with E-state index in [-0.39, 0.29) is 17.5 Å². The molecule has 1 aliphatic carbocycles. The molecule has 0 amide bonds. The summed E-state index contributed by atoms with van der Waals surface area (Å²) in [4.78, 5) is 0. The molecule has 3 unspecified atom stereocenters. The van der Waals surface area contributed by atoms with Crippen molar-refractivity contribution in [2.75, 3.05) is 13.1 Å². The van der Waals surface area contributed by atoms with Crippen LogP contribution >= 0.6 is 0 Å². The molecule has 3 fully saturated rings. The molecule has 3 aliphatic heterocycles. The van der Waals surface area contributed by atoms with Crippen molar-refractivity contribution >= 4 is 0 Å². The van der Waals surface area contributed by atoms with Gasteiger partial charge in [0.15, 0.2) is 0 Å². The molecule has 4 atom stereocenters. The van der Waals surface area contributed by atoms with Crippen LogP contribution in [0.5, 0.6) is 0 Å². The lowest BCUT2D eigenvalue weighted by Gasteiger charge is -2.34. The number of rotatable bonds is 6. The van der Waals surface area contributed by atoms with E-state index < -0.39 is 6.04 Å². The molecule has 2 bridgehead atoms. The Morgan fingerprint density at radius 1 is 1.22 bits per heavy atom. The Morgan fingerprint density at radius 3 is 2.72 bits per heavy atom. The zero-order chi connectivity index (χ0) is 24.7. The molecule has 6 heteroatoms. The maximum Gasteiger partial charge on any atom is 0.127 e. The highest BCUT2D eigenvalue weighted by molar-refractivity contribution is 5.66. The molecule has 188 valence electrons. The van der Waals surface area contributed by atoms with Gasteiger partial charge in [-0.05, 0) is 98.0 Å². The van der Waals surface area contributed by atoms with E-state index in [2.05, 4.69) is 46.3 Å². The molecule has 5 nitrogen and oxygen atoms in total. The van der Waals surface area contributed by atoms with Gasteiger partial charge in [-0.3, -0.25) is 0 Å². The summed E-state index contributed by atoms with van der Waals surface area (Å²) in [5.41, 5.74) is 5.79. The number of allylic oxidation sites excluding steroid dienone is 1. The van der Waals surface area contributed by atoms with Gasteiger partial charge < -0.3 is 20.7 Å². The van der Waals surface area contributed by atoms with Crippen LogP contribution in [0.4, 0.5) is 4.39 Å². The lowest BCUT2D eigenvalue weighted by Crippen LogP contribution is -2.44. The lowest BCUT2D eigenvalue weighted by atomic mass is 9.83. The van der Waals surface area contributed by atoms with Crippen LogP contribution in [0, 0.1) is 23.1 Å². The number of hydrogen-bond acceptors (Lipinski definition) is 5. The fourth-order valence-electron chi connectivity index (χ4n) is 6.84. The fraction of sp³-hybridized carbons (Fsp3) is 0.500. The fourth-order valence-corrected chi connectivity index (χ4v) is 6.84. The average molecular weight is 487 g/mol. The van der Waals surface area contributed by atoms with Crippen molar-refractivity contribution in [3.05, 3.63) is 70.7 Å². The van der Waals surface area contributed by atoms with E-state index in [0.717, 1.165) is 42.8 Å². The maximum atomic E-state index is 15.3. The SMILES string of the molecule is C/C=C(\N[C@H](C#N)Cc1ccc(-c2ccc3c(c2)C2(CCNCC2)OC3)cc1F)C1NC2CCC1C2. The monoisotopic (exact) mass is 486 g/mol. The second kappa shape index (κ2) is 9.63. The zero-order valence-corrected chi connectivity index (χ0v) is 20.9. The Hall–Kier alpha value is -2.72. The predicted molar refractivity (Wildman–Crippen MR) is 138 cm³/mol. The zero-order valence-electron chi connectivity index (χ0n) is 20.9. The minimum Gasteiger partial charge on any atom is -0.372 e. The number of hydrogen-bond donors (Lipinski definition) is 3. The Morgan fingerprint density at radius 2 is 2.03 bits per heavy atom. The molecule has 4 aliphatic rings. The van der Waals surface area contributed by atoms with Gasteiger partial charge in [-0.15, -0.1) is 0 Å². The van der Waals surface area contributed by atoms with E-state index >= 15 is 4.39 Å². The van der Waals surface area contributed by atoms with E-state index in [1.807, 2.05) is 19.1 Å². The van der Waals surface area contributed by atoms with Crippen LogP contribution in [0.3, 0.4) is 0 Å². The van der Waals surface area contributed by atoms with Crippen LogP contribution in [-0.2, 0) is 23.4 Å². The molecule has 2 saturated heterocycles. The van der Waals surface area contributed by atoms with Gasteiger partial charge in [-0.25, -0.2) is 4.39 Å². The van der Waals surface area contributed by atoms with Crippen LogP contribution in [0.15, 0.2) is 48.2 Å². The summed E-state index contributed by atoms with van der Waals surface area (Å²) in [6.07, 6.45) is 8.01. The summed E-state index contributed by atoms with van der Waals surface area (Å²) < 4.78 is 21.6. The summed E-state index contributed by atoms with van der Waals surface area (Å²) in [6, 6.07) is 14.6. The average Bonchev–Trinajstić information content (AvgIpc) is 3.63. The van der Waals surface area contributed by atoms with Gasteiger partial charge in [0.1, 0.15) is 11.9 Å². The molecule has 1 spiro atoms. The van der Waals surface area contributed by atoms with Crippen LogP contribution in [-0.4, -0.2) is 31.2 Å². The van der Waals surface area contributed by atoms with Gasteiger partial charge in [0.2, 0.25) is 0 Å². The molecular formula is C30H35FN4O. The maximum absolute atomic E-state index is 15.3. The number of fused-ring (bicyclic) bond motifs is 4. The van der Waals surface area contributed by atoms with Gasteiger partial charge >= 0.3 is 0 Å². The van der Waals surface area contributed by atoms with Crippen LogP contribution in [0.2, 0.25) is 0 Å². The molecule has 3 N–H and O–H groups in total. The molecular weight excluding hydrogens is 451 g/mol. The number of benzene rings is 2. The van der Waals surface area contributed by atoms with Gasteiger partial charge in [0.25, 0.3) is 0 Å².